The molecule has 4 heteroatoms. The summed E-state index contributed by atoms with van der Waals surface area (Å²) >= 11 is 0. The first kappa shape index (κ1) is 23.0. The highest BCUT2D eigenvalue weighted by molar-refractivity contribution is 6.13. The van der Waals surface area contributed by atoms with Crippen molar-refractivity contribution in [1.29, 1.82) is 0 Å². The van der Waals surface area contributed by atoms with E-state index in [2.05, 4.69) is 142 Å². The molecule has 0 saturated heterocycles. The van der Waals surface area contributed by atoms with Gasteiger partial charge in [-0.15, -0.1) is 0 Å². The number of hydrogen-bond acceptors (Lipinski definition) is 2. The molecule has 0 aliphatic carbocycles. The normalized spacial score (nSPS) is 12.4. The summed E-state index contributed by atoms with van der Waals surface area (Å²) in [5.41, 5.74) is 9.01. The Morgan fingerprint density at radius 1 is 0.429 bits per heavy atom. The molecule has 42 heavy (non-hydrogen) atoms. The van der Waals surface area contributed by atoms with Crippen LogP contribution in [-0.2, 0) is 0 Å². The van der Waals surface area contributed by atoms with Gasteiger partial charge in [0.25, 0.3) is 0 Å². The highest BCUT2D eigenvalue weighted by atomic mass is 16.5. The molecule has 0 unspecified atom stereocenters. The van der Waals surface area contributed by atoms with E-state index in [1.54, 1.807) is 0 Å². The summed E-state index contributed by atoms with van der Waals surface area (Å²) < 4.78 is 10.9. The summed E-state index contributed by atoms with van der Waals surface area (Å²) in [5.74, 6) is 1.71. The van der Waals surface area contributed by atoms with Crippen LogP contribution in [0.25, 0.3) is 44.1 Å². The Morgan fingerprint density at radius 3 is 1.83 bits per heavy atom. The van der Waals surface area contributed by atoms with E-state index in [1.165, 1.54) is 32.7 Å². The lowest BCUT2D eigenvalue weighted by Gasteiger charge is -2.32. The molecule has 9 rings (SSSR count). The smallest absolute Gasteiger partial charge is 0.151 e. The Bertz CT molecular complexity index is 2230. The van der Waals surface area contributed by atoms with Crippen LogP contribution in [0, 0.1) is 0 Å². The van der Waals surface area contributed by atoms with Gasteiger partial charge < -0.3 is 18.8 Å². The van der Waals surface area contributed by atoms with Crippen LogP contribution in [0.2, 0.25) is 0 Å². The largest absolute Gasteiger partial charge is 0.453 e. The molecular formula is C38H25N3O. The van der Waals surface area contributed by atoms with E-state index in [9.17, 15) is 0 Å². The van der Waals surface area contributed by atoms with Gasteiger partial charge in [0.15, 0.2) is 11.5 Å². The second kappa shape index (κ2) is 8.88. The molecule has 2 aromatic heterocycles. The lowest BCUT2D eigenvalue weighted by atomic mass is 10.1. The second-order valence-corrected chi connectivity index (χ2v) is 10.7. The number of nitrogens with zero attached hydrogens (tertiary/aromatic N) is 3. The Hall–Kier alpha value is -5.74. The number of fused-ring (bicyclic) bond motifs is 6. The average Bonchev–Trinajstić information content (AvgIpc) is 3.61. The maximum Gasteiger partial charge on any atom is 0.151 e. The van der Waals surface area contributed by atoms with Crippen molar-refractivity contribution in [3.05, 3.63) is 152 Å². The summed E-state index contributed by atoms with van der Waals surface area (Å²) in [6.07, 6.45) is 2.16. The van der Waals surface area contributed by atoms with Crippen molar-refractivity contribution < 1.29 is 4.74 Å². The molecule has 0 bridgehead atoms. The quantitative estimate of drug-likeness (QED) is 0.223. The van der Waals surface area contributed by atoms with Crippen molar-refractivity contribution in [2.75, 3.05) is 4.90 Å². The molecule has 0 N–H and O–H groups in total. The minimum Gasteiger partial charge on any atom is -0.453 e. The van der Waals surface area contributed by atoms with Crippen LogP contribution < -0.4 is 9.64 Å². The van der Waals surface area contributed by atoms with Crippen molar-refractivity contribution in [3.8, 4) is 22.9 Å². The van der Waals surface area contributed by atoms with Crippen LogP contribution in [0.1, 0.15) is 0 Å². The molecule has 3 heterocycles. The first-order valence-electron chi connectivity index (χ1n) is 14.2. The van der Waals surface area contributed by atoms with Gasteiger partial charge in [0.1, 0.15) is 0 Å². The molecule has 0 fully saturated rings. The standard InChI is InChI=1S/C38H25N3O/c1-2-10-27(11-3-1)39-23-22-26-24-31-30-12-4-5-13-32(30)40(36(31)25-35(26)39)28-18-20-29(21-19-28)41-33-14-6-8-16-37(33)42-38-17-9-7-15-34(38)41/h1-25H. The molecule has 6 aromatic carbocycles. The van der Waals surface area contributed by atoms with Gasteiger partial charge in [-0.2, -0.15) is 0 Å². The van der Waals surface area contributed by atoms with Gasteiger partial charge in [0, 0.05) is 39.4 Å². The zero-order valence-corrected chi connectivity index (χ0v) is 22.7. The third-order valence-corrected chi connectivity index (χ3v) is 8.32. The Balaban J connectivity index is 1.23. The van der Waals surface area contributed by atoms with E-state index in [0.29, 0.717) is 0 Å². The van der Waals surface area contributed by atoms with Gasteiger partial charge in [0.05, 0.1) is 27.9 Å². The summed E-state index contributed by atoms with van der Waals surface area (Å²) in [4.78, 5) is 2.28. The molecule has 0 atom stereocenters. The van der Waals surface area contributed by atoms with Gasteiger partial charge in [-0.05, 0) is 84.9 Å². The molecule has 4 nitrogen and oxygen atoms in total. The minimum absolute atomic E-state index is 0.855. The van der Waals surface area contributed by atoms with Crippen LogP contribution in [-0.4, -0.2) is 9.13 Å². The number of rotatable bonds is 3. The van der Waals surface area contributed by atoms with E-state index in [-0.39, 0.29) is 0 Å². The number of aromatic nitrogens is 2. The maximum absolute atomic E-state index is 6.23. The molecule has 1 aliphatic heterocycles. The van der Waals surface area contributed by atoms with Crippen molar-refractivity contribution in [3.63, 3.8) is 0 Å². The molecule has 0 saturated carbocycles. The Kier molecular flexibility index (Phi) is 4.87. The van der Waals surface area contributed by atoms with Gasteiger partial charge in [0.2, 0.25) is 0 Å². The number of anilines is 3. The zero-order valence-electron chi connectivity index (χ0n) is 22.7. The topological polar surface area (TPSA) is 22.3 Å². The third-order valence-electron chi connectivity index (χ3n) is 8.32. The fraction of sp³-hybridized carbons (Fsp3) is 0. The zero-order chi connectivity index (χ0) is 27.6. The van der Waals surface area contributed by atoms with Crippen molar-refractivity contribution in [2.24, 2.45) is 0 Å². The molecule has 0 spiro atoms. The summed E-state index contributed by atoms with van der Waals surface area (Å²) in [5, 5.41) is 3.74. The molecule has 8 aromatic rings. The maximum atomic E-state index is 6.23. The summed E-state index contributed by atoms with van der Waals surface area (Å²) in [6.45, 7) is 0. The van der Waals surface area contributed by atoms with E-state index >= 15 is 0 Å². The van der Waals surface area contributed by atoms with Gasteiger partial charge in [-0.25, -0.2) is 0 Å². The predicted molar refractivity (Wildman–Crippen MR) is 172 cm³/mol. The molecule has 198 valence electrons. The number of hydrogen-bond donors (Lipinski definition) is 0. The van der Waals surface area contributed by atoms with Crippen molar-refractivity contribution in [2.45, 2.75) is 0 Å². The van der Waals surface area contributed by atoms with Crippen LogP contribution in [0.15, 0.2) is 152 Å². The predicted octanol–water partition coefficient (Wildman–Crippen LogP) is 10.3. The fourth-order valence-electron chi connectivity index (χ4n) is 6.42. The summed E-state index contributed by atoms with van der Waals surface area (Å²) in [7, 11) is 0. The Labute approximate surface area is 242 Å². The minimum atomic E-state index is 0.855. The van der Waals surface area contributed by atoms with Crippen LogP contribution in [0.5, 0.6) is 11.5 Å². The summed E-state index contributed by atoms with van der Waals surface area (Å²) in [6, 6.07) is 51.4. The highest BCUT2D eigenvalue weighted by Gasteiger charge is 2.25. The van der Waals surface area contributed by atoms with Crippen LogP contribution in [0.4, 0.5) is 17.1 Å². The molecular weight excluding hydrogens is 514 g/mol. The lowest BCUT2D eigenvalue weighted by molar-refractivity contribution is 0.477. The molecule has 0 amide bonds. The highest BCUT2D eigenvalue weighted by Crippen LogP contribution is 2.50. The van der Waals surface area contributed by atoms with E-state index in [1.807, 2.05) is 24.3 Å². The number of para-hydroxylation sites is 6. The lowest BCUT2D eigenvalue weighted by Crippen LogP contribution is -2.15. The van der Waals surface area contributed by atoms with Crippen LogP contribution in [0.3, 0.4) is 0 Å². The van der Waals surface area contributed by atoms with Crippen molar-refractivity contribution >= 4 is 49.8 Å². The van der Waals surface area contributed by atoms with E-state index < -0.39 is 0 Å². The first-order chi connectivity index (χ1) is 20.8. The first-order valence-corrected chi connectivity index (χ1v) is 14.2. The fourth-order valence-corrected chi connectivity index (χ4v) is 6.42. The van der Waals surface area contributed by atoms with Gasteiger partial charge in [-0.3, -0.25) is 0 Å². The molecule has 0 radical (unpaired) electrons. The van der Waals surface area contributed by atoms with E-state index in [4.69, 9.17) is 4.74 Å². The number of ether oxygens (including phenoxy) is 1. The Morgan fingerprint density at radius 2 is 1.07 bits per heavy atom. The van der Waals surface area contributed by atoms with Gasteiger partial charge in [-0.1, -0.05) is 60.7 Å². The SMILES string of the molecule is c1ccc(-n2ccc3cc4c5ccccc5n(-c5ccc(N6c7ccccc7Oc7ccccc76)cc5)c4cc32)cc1. The van der Waals surface area contributed by atoms with E-state index in [0.717, 1.165) is 39.9 Å². The second-order valence-electron chi connectivity index (χ2n) is 10.7. The third kappa shape index (κ3) is 3.36. The van der Waals surface area contributed by atoms with Gasteiger partial charge >= 0.3 is 0 Å². The number of benzene rings is 6. The average molecular weight is 540 g/mol. The monoisotopic (exact) mass is 539 g/mol. The van der Waals surface area contributed by atoms with Crippen molar-refractivity contribution in [1.82, 2.24) is 9.13 Å². The van der Waals surface area contributed by atoms with Crippen LogP contribution >= 0.6 is 0 Å². The molecule has 1 aliphatic rings.